The zero-order valence-corrected chi connectivity index (χ0v) is 9.80. The number of rotatable bonds is 5. The summed E-state index contributed by atoms with van der Waals surface area (Å²) in [7, 11) is 0. The second-order valence-electron chi connectivity index (χ2n) is 3.00. The maximum Gasteiger partial charge on any atom is 0.201 e. The van der Waals surface area contributed by atoms with Gasteiger partial charge >= 0.3 is 0 Å². The van der Waals surface area contributed by atoms with Gasteiger partial charge in [0.15, 0.2) is 11.5 Å². The Morgan fingerprint density at radius 2 is 2.06 bits per heavy atom. The highest BCUT2D eigenvalue weighted by Gasteiger charge is 2.19. The lowest BCUT2D eigenvalue weighted by atomic mass is 10.3. The van der Waals surface area contributed by atoms with Crippen molar-refractivity contribution in [3.63, 3.8) is 0 Å². The van der Waals surface area contributed by atoms with E-state index in [1.807, 2.05) is 25.7 Å². The molecule has 0 fully saturated rings. The molecule has 0 bridgehead atoms. The fourth-order valence-corrected chi connectivity index (χ4v) is 1.25. The first-order chi connectivity index (χ1) is 7.74. The van der Waals surface area contributed by atoms with Crippen LogP contribution in [0.1, 0.15) is 26.5 Å². The van der Waals surface area contributed by atoms with Gasteiger partial charge in [-0.1, -0.05) is 5.16 Å². The molecule has 1 rings (SSSR count). The standard InChI is InChI=1S/C9H17N5O2/c1-4-14(5-2)9(13-15-6-3)7-8(10)12-16-11-7/h4-6H2,1-3H3,(H2,10,12). The number of oxime groups is 1. The van der Waals surface area contributed by atoms with E-state index in [2.05, 4.69) is 20.1 Å². The highest BCUT2D eigenvalue weighted by molar-refractivity contribution is 6.00. The highest BCUT2D eigenvalue weighted by Crippen LogP contribution is 2.10. The number of nitrogen functional groups attached to an aromatic ring is 1. The van der Waals surface area contributed by atoms with E-state index in [0.717, 1.165) is 13.1 Å². The normalized spacial score (nSPS) is 11.6. The van der Waals surface area contributed by atoms with Crippen LogP contribution in [0, 0.1) is 0 Å². The van der Waals surface area contributed by atoms with Crippen LogP contribution in [0.3, 0.4) is 0 Å². The summed E-state index contributed by atoms with van der Waals surface area (Å²) in [6, 6.07) is 0. The van der Waals surface area contributed by atoms with Crippen molar-refractivity contribution in [1.82, 2.24) is 15.2 Å². The molecule has 90 valence electrons. The molecule has 0 aliphatic heterocycles. The lowest BCUT2D eigenvalue weighted by Gasteiger charge is -2.20. The largest absolute Gasteiger partial charge is 0.394 e. The summed E-state index contributed by atoms with van der Waals surface area (Å²) in [4.78, 5) is 7.00. The molecule has 0 unspecified atom stereocenters. The van der Waals surface area contributed by atoms with Crippen LogP contribution in [0.5, 0.6) is 0 Å². The van der Waals surface area contributed by atoms with E-state index in [1.54, 1.807) is 0 Å². The molecule has 0 atom stereocenters. The molecular formula is C9H17N5O2. The molecule has 2 N–H and O–H groups in total. The first-order valence-electron chi connectivity index (χ1n) is 5.27. The van der Waals surface area contributed by atoms with E-state index in [-0.39, 0.29) is 5.82 Å². The molecule has 7 nitrogen and oxygen atoms in total. The molecule has 0 saturated heterocycles. The molecule has 1 heterocycles. The summed E-state index contributed by atoms with van der Waals surface area (Å²) in [6.07, 6.45) is 0. The van der Waals surface area contributed by atoms with E-state index in [1.165, 1.54) is 0 Å². The minimum absolute atomic E-state index is 0.213. The van der Waals surface area contributed by atoms with Gasteiger partial charge in [0, 0.05) is 13.1 Å². The first-order valence-corrected chi connectivity index (χ1v) is 5.27. The third-order valence-corrected chi connectivity index (χ3v) is 2.07. The minimum Gasteiger partial charge on any atom is -0.394 e. The summed E-state index contributed by atoms with van der Waals surface area (Å²) in [6.45, 7) is 7.90. The lowest BCUT2D eigenvalue weighted by molar-refractivity contribution is 0.153. The van der Waals surface area contributed by atoms with Crippen LogP contribution in [-0.4, -0.2) is 40.7 Å². The number of nitrogens with zero attached hydrogens (tertiary/aromatic N) is 4. The zero-order valence-electron chi connectivity index (χ0n) is 9.80. The van der Waals surface area contributed by atoms with E-state index in [9.17, 15) is 0 Å². The van der Waals surface area contributed by atoms with Crippen LogP contribution in [-0.2, 0) is 4.84 Å². The predicted molar refractivity (Wildman–Crippen MR) is 59.8 cm³/mol. The molecule has 0 radical (unpaired) electrons. The number of anilines is 1. The molecule has 0 aliphatic rings. The molecule has 1 aromatic heterocycles. The van der Waals surface area contributed by atoms with Crippen molar-refractivity contribution in [2.24, 2.45) is 5.16 Å². The molecule has 0 amide bonds. The highest BCUT2D eigenvalue weighted by atomic mass is 16.6. The number of hydrogen-bond acceptors (Lipinski definition) is 6. The van der Waals surface area contributed by atoms with Crippen molar-refractivity contribution >= 4 is 11.7 Å². The van der Waals surface area contributed by atoms with Crippen molar-refractivity contribution < 1.29 is 9.47 Å². The van der Waals surface area contributed by atoms with E-state index < -0.39 is 0 Å². The van der Waals surface area contributed by atoms with Gasteiger partial charge < -0.3 is 15.5 Å². The maximum atomic E-state index is 5.63. The maximum absolute atomic E-state index is 5.63. The Hall–Kier alpha value is -1.79. The summed E-state index contributed by atoms with van der Waals surface area (Å²) >= 11 is 0. The Bertz CT molecular complexity index is 345. The Labute approximate surface area is 94.2 Å². The first kappa shape index (κ1) is 12.3. The van der Waals surface area contributed by atoms with E-state index in [0.29, 0.717) is 18.1 Å². The van der Waals surface area contributed by atoms with E-state index >= 15 is 0 Å². The number of nitrogens with two attached hydrogens (primary N) is 1. The third-order valence-electron chi connectivity index (χ3n) is 2.07. The molecule has 0 saturated carbocycles. The van der Waals surface area contributed by atoms with Gasteiger partial charge in [0.25, 0.3) is 0 Å². The summed E-state index contributed by atoms with van der Waals surface area (Å²) in [5, 5.41) is 11.2. The average Bonchev–Trinajstić information content (AvgIpc) is 2.71. The quantitative estimate of drug-likeness (QED) is 0.452. The fraction of sp³-hybridized carbons (Fsp3) is 0.667. The molecule has 0 aromatic carbocycles. The third kappa shape index (κ3) is 2.62. The Kier molecular flexibility index (Phi) is 4.56. The smallest absolute Gasteiger partial charge is 0.201 e. The van der Waals surface area contributed by atoms with Crippen LogP contribution in [0.25, 0.3) is 0 Å². The van der Waals surface area contributed by atoms with Gasteiger partial charge in [-0.3, -0.25) is 0 Å². The van der Waals surface area contributed by atoms with Crippen LogP contribution in [0.2, 0.25) is 0 Å². The molecular weight excluding hydrogens is 210 g/mol. The fourth-order valence-electron chi connectivity index (χ4n) is 1.25. The van der Waals surface area contributed by atoms with E-state index in [4.69, 9.17) is 10.6 Å². The molecule has 16 heavy (non-hydrogen) atoms. The average molecular weight is 227 g/mol. The summed E-state index contributed by atoms with van der Waals surface area (Å²) in [5.74, 6) is 0.760. The van der Waals surface area contributed by atoms with Gasteiger partial charge in [-0.2, -0.15) is 0 Å². The monoisotopic (exact) mass is 227 g/mol. The Balaban J connectivity index is 3.00. The van der Waals surface area contributed by atoms with Gasteiger partial charge in [-0.25, -0.2) is 4.63 Å². The van der Waals surface area contributed by atoms with Gasteiger partial charge in [-0.05, 0) is 31.1 Å². The van der Waals surface area contributed by atoms with Gasteiger partial charge in [-0.15, -0.1) is 0 Å². The van der Waals surface area contributed by atoms with Crippen molar-refractivity contribution in [1.29, 1.82) is 0 Å². The van der Waals surface area contributed by atoms with Crippen molar-refractivity contribution in [3.8, 4) is 0 Å². The zero-order chi connectivity index (χ0) is 12.0. The van der Waals surface area contributed by atoms with Crippen LogP contribution in [0.15, 0.2) is 9.78 Å². The molecule has 7 heteroatoms. The predicted octanol–water partition coefficient (Wildman–Crippen LogP) is 0.692. The van der Waals surface area contributed by atoms with Crippen molar-refractivity contribution in [2.45, 2.75) is 20.8 Å². The van der Waals surface area contributed by atoms with Crippen LogP contribution in [0.4, 0.5) is 5.82 Å². The molecule has 0 spiro atoms. The number of hydrogen-bond donors (Lipinski definition) is 1. The summed E-state index contributed by atoms with van der Waals surface area (Å²) in [5.41, 5.74) is 6.04. The van der Waals surface area contributed by atoms with Gasteiger partial charge in [0.1, 0.15) is 6.61 Å². The Morgan fingerprint density at radius 1 is 1.38 bits per heavy atom. The summed E-state index contributed by atoms with van der Waals surface area (Å²) < 4.78 is 4.56. The van der Waals surface area contributed by atoms with Crippen LogP contribution >= 0.6 is 0 Å². The molecule has 0 aliphatic carbocycles. The lowest BCUT2D eigenvalue weighted by Crippen LogP contribution is -2.32. The number of amidine groups is 1. The topological polar surface area (TPSA) is 89.8 Å². The van der Waals surface area contributed by atoms with Gasteiger partial charge in [0.05, 0.1) is 0 Å². The van der Waals surface area contributed by atoms with Crippen LogP contribution < -0.4 is 5.73 Å². The second-order valence-corrected chi connectivity index (χ2v) is 3.00. The van der Waals surface area contributed by atoms with Crippen molar-refractivity contribution in [3.05, 3.63) is 5.69 Å². The SMILES string of the molecule is CCON=C(c1nonc1N)N(CC)CC. The minimum atomic E-state index is 0.213. The van der Waals surface area contributed by atoms with Crippen molar-refractivity contribution in [2.75, 3.05) is 25.4 Å². The molecule has 1 aromatic rings. The second kappa shape index (κ2) is 5.94. The number of aromatic nitrogens is 2. The Morgan fingerprint density at radius 3 is 2.50 bits per heavy atom. The van der Waals surface area contributed by atoms with Gasteiger partial charge in [0.2, 0.25) is 5.84 Å².